The summed E-state index contributed by atoms with van der Waals surface area (Å²) in [5, 5.41) is 20.2. The Bertz CT molecular complexity index is 800. The Balaban J connectivity index is 2.08. The van der Waals surface area contributed by atoms with Crippen LogP contribution in [0, 0.1) is 0 Å². The van der Waals surface area contributed by atoms with Crippen LogP contribution in [-0.4, -0.2) is 66.9 Å². The van der Waals surface area contributed by atoms with Gasteiger partial charge in [-0.1, -0.05) is 0 Å². The van der Waals surface area contributed by atoms with Gasteiger partial charge in [-0.05, 0) is 0 Å². The lowest BCUT2D eigenvalue weighted by Crippen LogP contribution is -2.48. The van der Waals surface area contributed by atoms with Gasteiger partial charge in [0.25, 0.3) is 5.91 Å². The van der Waals surface area contributed by atoms with E-state index in [1.165, 1.54) is 17.2 Å². The first kappa shape index (κ1) is 17.2. The quantitative estimate of drug-likeness (QED) is 0.460. The summed E-state index contributed by atoms with van der Waals surface area (Å²) < 4.78 is 28.1. The van der Waals surface area contributed by atoms with Crippen molar-refractivity contribution in [1.29, 1.82) is 0 Å². The summed E-state index contributed by atoms with van der Waals surface area (Å²) in [6, 6.07) is 0. The van der Waals surface area contributed by atoms with Crippen molar-refractivity contribution in [2.24, 2.45) is 0 Å². The largest absolute Gasteiger partial charge is 0.388 e. The fraction of sp³-hybridized carbons (Fsp3) is 0.545. The van der Waals surface area contributed by atoms with E-state index in [2.05, 4.69) is 19.5 Å². The number of aromatic nitrogens is 4. The van der Waals surface area contributed by atoms with Crippen LogP contribution < -0.4 is 5.73 Å². The van der Waals surface area contributed by atoms with Crippen molar-refractivity contribution in [3.63, 3.8) is 0 Å². The van der Waals surface area contributed by atoms with E-state index in [-0.39, 0.29) is 23.6 Å². The molecule has 5 N–H and O–H groups in total. The van der Waals surface area contributed by atoms with Gasteiger partial charge in [0.1, 0.15) is 24.3 Å². The molecule has 0 amide bonds. The van der Waals surface area contributed by atoms with Gasteiger partial charge in [-0.25, -0.2) is 15.0 Å². The van der Waals surface area contributed by atoms with Gasteiger partial charge in [-0.2, -0.15) is 0 Å². The first-order valence-electron chi connectivity index (χ1n) is 6.76. The molecular formula is C11H16N5O7P. The number of anilines is 1. The SMILES string of the molecule is COP(=O)(O)CO[C@@]1(n2cnc3c(N)ncnc32)OC[C@@H](O)[C@H]1O. The van der Waals surface area contributed by atoms with Crippen molar-refractivity contribution in [3.8, 4) is 0 Å². The lowest BCUT2D eigenvalue weighted by atomic mass is 10.2. The zero-order valence-corrected chi connectivity index (χ0v) is 13.4. The van der Waals surface area contributed by atoms with Crippen molar-refractivity contribution >= 4 is 24.6 Å². The van der Waals surface area contributed by atoms with Crippen LogP contribution >= 0.6 is 7.60 Å². The number of nitrogens with two attached hydrogens (primary N) is 1. The minimum Gasteiger partial charge on any atom is -0.388 e. The highest BCUT2D eigenvalue weighted by Crippen LogP contribution is 2.45. The van der Waals surface area contributed by atoms with E-state index >= 15 is 0 Å². The van der Waals surface area contributed by atoms with Crippen LogP contribution in [-0.2, 0) is 24.5 Å². The summed E-state index contributed by atoms with van der Waals surface area (Å²) in [4.78, 5) is 21.4. The molecule has 1 aliphatic rings. The third-order valence-electron chi connectivity index (χ3n) is 3.62. The Labute approximate surface area is 135 Å². The molecule has 0 spiro atoms. The van der Waals surface area contributed by atoms with Gasteiger partial charge in [0.05, 0.1) is 6.61 Å². The van der Waals surface area contributed by atoms with E-state index in [9.17, 15) is 19.7 Å². The van der Waals surface area contributed by atoms with E-state index in [1.807, 2.05) is 0 Å². The molecule has 13 heteroatoms. The second kappa shape index (κ2) is 6.01. The monoisotopic (exact) mass is 361 g/mol. The van der Waals surface area contributed by atoms with E-state index in [4.69, 9.17) is 15.2 Å². The Hall–Kier alpha value is -1.66. The van der Waals surface area contributed by atoms with Gasteiger partial charge in [0, 0.05) is 7.11 Å². The molecule has 3 rings (SSSR count). The number of hydrogen-bond acceptors (Lipinski definition) is 10. The van der Waals surface area contributed by atoms with Crippen molar-refractivity contribution in [1.82, 2.24) is 19.5 Å². The van der Waals surface area contributed by atoms with Crippen molar-refractivity contribution in [2.45, 2.75) is 18.1 Å². The topological polar surface area (TPSA) is 175 Å². The summed E-state index contributed by atoms with van der Waals surface area (Å²) in [7, 11) is -3.03. The lowest BCUT2D eigenvalue weighted by molar-refractivity contribution is -0.296. The molecule has 1 fully saturated rings. The van der Waals surface area contributed by atoms with Crippen molar-refractivity contribution in [3.05, 3.63) is 12.7 Å². The second-order valence-electron chi connectivity index (χ2n) is 5.09. The normalized spacial score (nSPS) is 29.8. The molecule has 0 bridgehead atoms. The molecule has 1 saturated heterocycles. The fourth-order valence-corrected chi connectivity index (χ4v) is 2.79. The molecule has 0 saturated carbocycles. The number of rotatable bonds is 5. The highest BCUT2D eigenvalue weighted by Gasteiger charge is 2.54. The number of hydrogen-bond donors (Lipinski definition) is 4. The van der Waals surface area contributed by atoms with Crippen LogP contribution in [0.15, 0.2) is 12.7 Å². The molecule has 24 heavy (non-hydrogen) atoms. The maximum atomic E-state index is 11.7. The number of fused-ring (bicyclic) bond motifs is 1. The predicted molar refractivity (Wildman–Crippen MR) is 78.5 cm³/mol. The third kappa shape index (κ3) is 2.67. The minimum atomic E-state index is -4.07. The summed E-state index contributed by atoms with van der Waals surface area (Å²) >= 11 is 0. The Morgan fingerprint density at radius 3 is 2.88 bits per heavy atom. The minimum absolute atomic E-state index is 0.0895. The van der Waals surface area contributed by atoms with Gasteiger partial charge >= 0.3 is 7.60 Å². The highest BCUT2D eigenvalue weighted by molar-refractivity contribution is 7.52. The zero-order chi connectivity index (χ0) is 17.5. The van der Waals surface area contributed by atoms with E-state index in [1.54, 1.807) is 0 Å². The summed E-state index contributed by atoms with van der Waals surface area (Å²) in [5.41, 5.74) is 6.09. The Morgan fingerprint density at radius 2 is 2.25 bits per heavy atom. The fourth-order valence-electron chi connectivity index (χ4n) is 2.34. The van der Waals surface area contributed by atoms with Gasteiger partial charge in [0.2, 0.25) is 0 Å². The highest BCUT2D eigenvalue weighted by atomic mass is 31.2. The average molecular weight is 361 g/mol. The maximum absolute atomic E-state index is 11.7. The number of aliphatic hydroxyl groups is 2. The van der Waals surface area contributed by atoms with Gasteiger partial charge in [-0.15, -0.1) is 0 Å². The van der Waals surface area contributed by atoms with E-state index in [0.29, 0.717) is 0 Å². The molecule has 1 aliphatic heterocycles. The van der Waals surface area contributed by atoms with Crippen LogP contribution in [0.5, 0.6) is 0 Å². The zero-order valence-electron chi connectivity index (χ0n) is 12.5. The first-order valence-corrected chi connectivity index (χ1v) is 8.52. The Morgan fingerprint density at radius 1 is 1.50 bits per heavy atom. The van der Waals surface area contributed by atoms with Gasteiger partial charge < -0.3 is 34.8 Å². The van der Waals surface area contributed by atoms with Gasteiger partial charge in [-0.3, -0.25) is 9.13 Å². The van der Waals surface area contributed by atoms with Crippen LogP contribution in [0.2, 0.25) is 0 Å². The Kier molecular flexibility index (Phi) is 4.30. The summed E-state index contributed by atoms with van der Waals surface area (Å²) in [6.45, 7) is -0.274. The number of imidazole rings is 1. The standard InChI is InChI=1S/C11H16N5O7P/c1-21-24(19,20)5-23-11(8(18)6(17)2-22-11)16-4-15-7-9(12)13-3-14-10(7)16/h3-4,6,8,17-18H,2,5H2,1H3,(H,19,20)(H2,12,13,14)/t6-,8-,11+/m1/s1. The molecule has 2 aromatic rings. The lowest BCUT2D eigenvalue weighted by Gasteiger charge is -2.33. The number of aliphatic hydroxyl groups excluding tert-OH is 2. The second-order valence-corrected chi connectivity index (χ2v) is 6.99. The maximum Gasteiger partial charge on any atom is 0.353 e. The third-order valence-corrected chi connectivity index (χ3v) is 4.64. The van der Waals surface area contributed by atoms with Crippen LogP contribution in [0.4, 0.5) is 5.82 Å². The molecule has 3 heterocycles. The van der Waals surface area contributed by atoms with E-state index in [0.717, 1.165) is 7.11 Å². The van der Waals surface area contributed by atoms with E-state index < -0.39 is 32.1 Å². The molecule has 12 nitrogen and oxygen atoms in total. The molecular weight excluding hydrogens is 345 g/mol. The first-order chi connectivity index (χ1) is 11.3. The average Bonchev–Trinajstić information content (AvgIpc) is 3.11. The van der Waals surface area contributed by atoms with Crippen molar-refractivity contribution in [2.75, 3.05) is 25.8 Å². The summed E-state index contributed by atoms with van der Waals surface area (Å²) in [6.07, 6.45) is -1.28. The number of nitrogens with zero attached hydrogens (tertiary/aromatic N) is 4. The van der Waals surface area contributed by atoms with Crippen LogP contribution in [0.1, 0.15) is 0 Å². The van der Waals surface area contributed by atoms with Crippen LogP contribution in [0.3, 0.4) is 0 Å². The van der Waals surface area contributed by atoms with Crippen molar-refractivity contribution < 1.29 is 33.7 Å². The smallest absolute Gasteiger partial charge is 0.353 e. The van der Waals surface area contributed by atoms with Gasteiger partial charge in [0.15, 0.2) is 23.9 Å². The molecule has 0 aliphatic carbocycles. The molecule has 132 valence electrons. The molecule has 4 atom stereocenters. The molecule has 0 radical (unpaired) electrons. The van der Waals surface area contributed by atoms with Crippen LogP contribution in [0.25, 0.3) is 11.2 Å². The molecule has 0 aromatic carbocycles. The molecule has 2 aromatic heterocycles. The molecule has 1 unspecified atom stereocenters. The predicted octanol–water partition coefficient (Wildman–Crippen LogP) is -1.42. The number of ether oxygens (including phenoxy) is 2. The number of nitrogen functional groups attached to an aromatic ring is 1. The summed E-state index contributed by atoms with van der Waals surface area (Å²) in [5.74, 6) is -1.93.